The zero-order valence-corrected chi connectivity index (χ0v) is 11.9. The molecule has 3 aromatic carbocycles. The van der Waals surface area contributed by atoms with Crippen molar-refractivity contribution in [3.8, 4) is 16.9 Å². The van der Waals surface area contributed by atoms with Crippen LogP contribution in [0, 0.1) is 0 Å². The lowest BCUT2D eigenvalue weighted by Gasteiger charge is -2.11. The molecule has 20 heavy (non-hydrogen) atoms. The molecule has 3 rings (SSSR count). The minimum absolute atomic E-state index is 0.896. The first-order valence-corrected chi connectivity index (χ1v) is 6.98. The van der Waals surface area contributed by atoms with Crippen molar-refractivity contribution in [2.75, 3.05) is 7.11 Å². The van der Waals surface area contributed by atoms with Gasteiger partial charge in [0.15, 0.2) is 0 Å². The molecule has 0 aromatic heterocycles. The van der Waals surface area contributed by atoms with Crippen LogP contribution in [0.15, 0.2) is 60.7 Å². The van der Waals surface area contributed by atoms with Gasteiger partial charge in [-0.05, 0) is 52.1 Å². The number of ether oxygens (including phenoxy) is 1. The van der Waals surface area contributed by atoms with Gasteiger partial charge in [0.25, 0.3) is 0 Å². The largest absolute Gasteiger partial charge is 0.497 e. The number of aryl methyl sites for hydroxylation is 1. The number of fused-ring (bicyclic) bond motifs is 1. The van der Waals surface area contributed by atoms with E-state index in [-0.39, 0.29) is 0 Å². The van der Waals surface area contributed by atoms with E-state index >= 15 is 0 Å². The molecule has 0 aliphatic rings. The van der Waals surface area contributed by atoms with Crippen molar-refractivity contribution in [3.05, 3.63) is 66.2 Å². The van der Waals surface area contributed by atoms with Crippen LogP contribution in [-0.2, 0) is 6.42 Å². The normalized spacial score (nSPS) is 10.7. The fraction of sp³-hybridized carbons (Fsp3) is 0.158. The lowest BCUT2D eigenvalue weighted by molar-refractivity contribution is 0.415. The van der Waals surface area contributed by atoms with E-state index in [2.05, 4.69) is 55.5 Å². The Hall–Kier alpha value is -2.28. The smallest absolute Gasteiger partial charge is 0.118 e. The minimum atomic E-state index is 0.896. The topological polar surface area (TPSA) is 9.23 Å². The van der Waals surface area contributed by atoms with E-state index in [4.69, 9.17) is 4.74 Å². The van der Waals surface area contributed by atoms with Crippen LogP contribution >= 0.6 is 0 Å². The second kappa shape index (κ2) is 5.38. The van der Waals surface area contributed by atoms with Crippen molar-refractivity contribution in [2.45, 2.75) is 13.3 Å². The molecule has 0 unspecified atom stereocenters. The van der Waals surface area contributed by atoms with Crippen LogP contribution in [0.4, 0.5) is 0 Å². The first-order chi connectivity index (χ1) is 9.81. The zero-order chi connectivity index (χ0) is 13.9. The summed E-state index contributed by atoms with van der Waals surface area (Å²) < 4.78 is 5.23. The molecule has 0 spiro atoms. The van der Waals surface area contributed by atoms with Gasteiger partial charge in [-0.2, -0.15) is 0 Å². The van der Waals surface area contributed by atoms with E-state index in [9.17, 15) is 0 Å². The van der Waals surface area contributed by atoms with Gasteiger partial charge in [0.1, 0.15) is 5.75 Å². The first-order valence-electron chi connectivity index (χ1n) is 6.98. The Balaban J connectivity index is 2.17. The molecule has 0 N–H and O–H groups in total. The van der Waals surface area contributed by atoms with E-state index in [1.165, 1.54) is 27.5 Å². The van der Waals surface area contributed by atoms with Crippen LogP contribution in [0.5, 0.6) is 5.75 Å². The van der Waals surface area contributed by atoms with Gasteiger partial charge in [-0.1, -0.05) is 49.4 Å². The summed E-state index contributed by atoms with van der Waals surface area (Å²) in [5, 5.41) is 2.59. The van der Waals surface area contributed by atoms with Crippen LogP contribution in [0.25, 0.3) is 21.9 Å². The van der Waals surface area contributed by atoms with E-state index in [1.54, 1.807) is 7.11 Å². The molecule has 3 aromatic rings. The molecule has 100 valence electrons. The highest BCUT2D eigenvalue weighted by atomic mass is 16.5. The minimum Gasteiger partial charge on any atom is -0.497 e. The lowest BCUT2D eigenvalue weighted by atomic mass is 9.94. The molecule has 0 radical (unpaired) electrons. The highest BCUT2D eigenvalue weighted by Gasteiger charge is 2.06. The standard InChI is InChI=1S/C19H18O/c1-3-14-12-16-6-4-5-7-17(16)13-19(14)15-8-10-18(20-2)11-9-15/h4-13H,3H2,1-2H3. The van der Waals surface area contributed by atoms with Crippen LogP contribution in [0.3, 0.4) is 0 Å². The highest BCUT2D eigenvalue weighted by Crippen LogP contribution is 2.30. The van der Waals surface area contributed by atoms with Gasteiger partial charge >= 0.3 is 0 Å². The number of hydrogen-bond donors (Lipinski definition) is 0. The van der Waals surface area contributed by atoms with Gasteiger partial charge in [0.2, 0.25) is 0 Å². The molecule has 0 atom stereocenters. The van der Waals surface area contributed by atoms with Crippen molar-refractivity contribution in [1.29, 1.82) is 0 Å². The van der Waals surface area contributed by atoms with Crippen LogP contribution in [-0.4, -0.2) is 7.11 Å². The highest BCUT2D eigenvalue weighted by molar-refractivity contribution is 5.89. The van der Waals surface area contributed by atoms with Crippen LogP contribution in [0.2, 0.25) is 0 Å². The molecule has 0 amide bonds. The van der Waals surface area contributed by atoms with E-state index in [1.807, 2.05) is 12.1 Å². The number of hydrogen-bond acceptors (Lipinski definition) is 1. The van der Waals surface area contributed by atoms with Crippen molar-refractivity contribution >= 4 is 10.8 Å². The molecule has 0 aliphatic carbocycles. The summed E-state index contributed by atoms with van der Waals surface area (Å²) in [5.74, 6) is 0.896. The molecule has 1 heteroatoms. The predicted octanol–water partition coefficient (Wildman–Crippen LogP) is 5.08. The summed E-state index contributed by atoms with van der Waals surface area (Å²) in [5.41, 5.74) is 3.94. The summed E-state index contributed by atoms with van der Waals surface area (Å²) in [4.78, 5) is 0. The first kappa shape index (κ1) is 12.7. The van der Waals surface area contributed by atoms with Crippen molar-refractivity contribution in [2.24, 2.45) is 0 Å². The van der Waals surface area contributed by atoms with E-state index < -0.39 is 0 Å². The maximum Gasteiger partial charge on any atom is 0.118 e. The molecular weight excluding hydrogens is 244 g/mol. The van der Waals surface area contributed by atoms with Gasteiger partial charge in [0, 0.05) is 0 Å². The molecule has 0 saturated heterocycles. The summed E-state index contributed by atoms with van der Waals surface area (Å²) in [7, 11) is 1.70. The molecule has 0 heterocycles. The zero-order valence-electron chi connectivity index (χ0n) is 11.9. The summed E-state index contributed by atoms with van der Waals surface area (Å²) in [6.07, 6.45) is 1.03. The van der Waals surface area contributed by atoms with E-state index in [0.717, 1.165) is 12.2 Å². The molecule has 0 fully saturated rings. The van der Waals surface area contributed by atoms with E-state index in [0.29, 0.717) is 0 Å². The van der Waals surface area contributed by atoms with Crippen molar-refractivity contribution < 1.29 is 4.74 Å². The summed E-state index contributed by atoms with van der Waals surface area (Å²) in [6, 6.07) is 21.4. The molecule has 0 bridgehead atoms. The monoisotopic (exact) mass is 262 g/mol. The predicted molar refractivity (Wildman–Crippen MR) is 85.3 cm³/mol. The van der Waals surface area contributed by atoms with Gasteiger partial charge < -0.3 is 4.74 Å². The quantitative estimate of drug-likeness (QED) is 0.639. The van der Waals surface area contributed by atoms with Gasteiger partial charge in [-0.25, -0.2) is 0 Å². The Labute approximate surface area is 119 Å². The third-order valence-corrected chi connectivity index (χ3v) is 3.75. The Morgan fingerprint density at radius 1 is 0.850 bits per heavy atom. The summed E-state index contributed by atoms with van der Waals surface area (Å²) >= 11 is 0. The maximum atomic E-state index is 5.23. The maximum absolute atomic E-state index is 5.23. The number of benzene rings is 3. The van der Waals surface area contributed by atoms with Crippen LogP contribution < -0.4 is 4.74 Å². The lowest BCUT2D eigenvalue weighted by Crippen LogP contribution is -1.89. The fourth-order valence-electron chi connectivity index (χ4n) is 2.62. The Kier molecular flexibility index (Phi) is 3.42. The molecular formula is C19H18O. The SMILES string of the molecule is CCc1cc2ccccc2cc1-c1ccc(OC)cc1. The van der Waals surface area contributed by atoms with Gasteiger partial charge in [-0.3, -0.25) is 0 Å². The molecule has 0 aliphatic heterocycles. The average Bonchev–Trinajstić information content (AvgIpc) is 2.53. The van der Waals surface area contributed by atoms with Gasteiger partial charge in [-0.15, -0.1) is 0 Å². The third-order valence-electron chi connectivity index (χ3n) is 3.75. The summed E-state index contributed by atoms with van der Waals surface area (Å²) in [6.45, 7) is 2.21. The Morgan fingerprint density at radius 2 is 1.50 bits per heavy atom. The molecule has 0 saturated carbocycles. The van der Waals surface area contributed by atoms with Crippen molar-refractivity contribution in [1.82, 2.24) is 0 Å². The number of rotatable bonds is 3. The number of methoxy groups -OCH3 is 1. The average molecular weight is 262 g/mol. The second-order valence-corrected chi connectivity index (χ2v) is 4.94. The second-order valence-electron chi connectivity index (χ2n) is 4.94. The third kappa shape index (κ3) is 2.27. The Morgan fingerprint density at radius 3 is 2.10 bits per heavy atom. The molecule has 1 nitrogen and oxygen atoms in total. The Bertz CT molecular complexity index is 726. The van der Waals surface area contributed by atoms with Crippen LogP contribution in [0.1, 0.15) is 12.5 Å². The van der Waals surface area contributed by atoms with Gasteiger partial charge in [0.05, 0.1) is 7.11 Å². The fourth-order valence-corrected chi connectivity index (χ4v) is 2.62. The van der Waals surface area contributed by atoms with Crippen molar-refractivity contribution in [3.63, 3.8) is 0 Å².